The number of carbonyl (C=O) groups is 1. The highest BCUT2D eigenvalue weighted by Gasteiger charge is 2.25. The van der Waals surface area contributed by atoms with Crippen molar-refractivity contribution >= 4 is 34.7 Å². The maximum atomic E-state index is 13.0. The molecule has 0 atom stereocenters. The molecule has 148 valence electrons. The van der Waals surface area contributed by atoms with Crippen LogP contribution >= 0.6 is 23.2 Å². The standard InChI is InChI=1S/C22H20Cl2N4O/c1-2-19-25-21(26-28(19)20-17(23)9-6-10-18(20)24)22(29)27-13-11-16(12-14-27)15-7-4-3-5-8-15/h3-11H,2,12-14H2,1H3. The smallest absolute Gasteiger partial charge is 0.293 e. The van der Waals surface area contributed by atoms with Crippen LogP contribution in [0.3, 0.4) is 0 Å². The summed E-state index contributed by atoms with van der Waals surface area (Å²) in [6.07, 6.45) is 3.49. The maximum Gasteiger partial charge on any atom is 0.293 e. The Balaban J connectivity index is 1.59. The molecule has 1 amide bonds. The summed E-state index contributed by atoms with van der Waals surface area (Å²) in [5.74, 6) is 0.611. The number of nitrogens with zero attached hydrogens (tertiary/aromatic N) is 4. The van der Waals surface area contributed by atoms with Gasteiger partial charge in [-0.25, -0.2) is 9.67 Å². The second-order valence-corrected chi connectivity index (χ2v) is 7.60. The Morgan fingerprint density at radius 2 is 1.79 bits per heavy atom. The molecule has 5 nitrogen and oxygen atoms in total. The largest absolute Gasteiger partial charge is 0.332 e. The molecule has 3 aromatic rings. The Bertz CT molecular complexity index is 1060. The van der Waals surface area contributed by atoms with Crippen molar-refractivity contribution in [3.8, 4) is 5.69 Å². The van der Waals surface area contributed by atoms with Crippen LogP contribution in [-0.2, 0) is 6.42 Å². The number of carbonyl (C=O) groups excluding carboxylic acids is 1. The Labute approximate surface area is 179 Å². The lowest BCUT2D eigenvalue weighted by Crippen LogP contribution is -2.35. The average molecular weight is 427 g/mol. The van der Waals surface area contributed by atoms with E-state index in [0.29, 0.717) is 41.1 Å². The number of halogens is 2. The van der Waals surface area contributed by atoms with E-state index >= 15 is 0 Å². The molecule has 1 aliphatic rings. The molecule has 2 aromatic carbocycles. The third-order valence-corrected chi connectivity index (χ3v) is 5.58. The zero-order chi connectivity index (χ0) is 20.4. The van der Waals surface area contributed by atoms with Gasteiger partial charge in [0.05, 0.1) is 10.0 Å². The van der Waals surface area contributed by atoms with E-state index in [1.165, 1.54) is 11.1 Å². The minimum Gasteiger partial charge on any atom is -0.332 e. The fourth-order valence-electron chi connectivity index (χ4n) is 3.44. The third kappa shape index (κ3) is 3.93. The first kappa shape index (κ1) is 19.7. The summed E-state index contributed by atoms with van der Waals surface area (Å²) in [6.45, 7) is 3.11. The number of rotatable bonds is 4. The Morgan fingerprint density at radius 3 is 2.41 bits per heavy atom. The van der Waals surface area contributed by atoms with Crippen LogP contribution in [0.5, 0.6) is 0 Å². The number of benzene rings is 2. The Kier molecular flexibility index (Phi) is 5.69. The van der Waals surface area contributed by atoms with Crippen molar-refractivity contribution in [2.24, 2.45) is 0 Å². The summed E-state index contributed by atoms with van der Waals surface area (Å²) in [6, 6.07) is 15.5. The van der Waals surface area contributed by atoms with E-state index in [1.807, 2.05) is 25.1 Å². The summed E-state index contributed by atoms with van der Waals surface area (Å²) in [7, 11) is 0. The normalized spacial score (nSPS) is 14.0. The zero-order valence-corrected chi connectivity index (χ0v) is 17.5. The summed E-state index contributed by atoms with van der Waals surface area (Å²) in [5, 5.41) is 5.38. The topological polar surface area (TPSA) is 51.0 Å². The van der Waals surface area contributed by atoms with Crippen molar-refractivity contribution in [3.05, 3.63) is 81.9 Å². The second-order valence-electron chi connectivity index (χ2n) is 6.78. The minimum absolute atomic E-state index is 0.161. The van der Waals surface area contributed by atoms with Crippen LogP contribution in [-0.4, -0.2) is 38.7 Å². The van der Waals surface area contributed by atoms with Crippen molar-refractivity contribution in [1.82, 2.24) is 19.7 Å². The van der Waals surface area contributed by atoms with Gasteiger partial charge in [-0.1, -0.05) is 72.6 Å². The van der Waals surface area contributed by atoms with Gasteiger partial charge in [-0.15, -0.1) is 5.10 Å². The van der Waals surface area contributed by atoms with Crippen LogP contribution in [0.2, 0.25) is 10.0 Å². The number of hydrogen-bond donors (Lipinski definition) is 0. The van der Waals surface area contributed by atoms with E-state index in [0.717, 1.165) is 6.42 Å². The third-order valence-electron chi connectivity index (χ3n) is 4.97. The van der Waals surface area contributed by atoms with Crippen LogP contribution < -0.4 is 0 Å². The fourth-order valence-corrected chi connectivity index (χ4v) is 4.00. The van der Waals surface area contributed by atoms with Gasteiger partial charge in [-0.2, -0.15) is 0 Å². The molecule has 29 heavy (non-hydrogen) atoms. The first-order valence-electron chi connectivity index (χ1n) is 9.52. The summed E-state index contributed by atoms with van der Waals surface area (Å²) in [4.78, 5) is 19.2. The van der Waals surface area contributed by atoms with E-state index in [9.17, 15) is 4.79 Å². The molecule has 1 aliphatic heterocycles. The predicted octanol–water partition coefficient (Wildman–Crippen LogP) is 5.07. The molecule has 0 unspecified atom stereocenters. The second kappa shape index (κ2) is 8.39. The van der Waals surface area contributed by atoms with Gasteiger partial charge < -0.3 is 4.90 Å². The average Bonchev–Trinajstić information content (AvgIpc) is 3.18. The molecule has 0 saturated heterocycles. The molecule has 0 saturated carbocycles. The van der Waals surface area contributed by atoms with Gasteiger partial charge in [-0.05, 0) is 29.7 Å². The van der Waals surface area contributed by atoms with Gasteiger partial charge >= 0.3 is 0 Å². The lowest BCUT2D eigenvalue weighted by atomic mass is 9.99. The van der Waals surface area contributed by atoms with Crippen LogP contribution in [0.4, 0.5) is 0 Å². The molecule has 1 aromatic heterocycles. The van der Waals surface area contributed by atoms with E-state index in [-0.39, 0.29) is 11.7 Å². The quantitative estimate of drug-likeness (QED) is 0.585. The number of para-hydroxylation sites is 1. The van der Waals surface area contributed by atoms with Gasteiger partial charge in [0.25, 0.3) is 5.91 Å². The molecule has 4 rings (SSSR count). The number of hydrogen-bond acceptors (Lipinski definition) is 3. The highest BCUT2D eigenvalue weighted by molar-refractivity contribution is 6.37. The first-order valence-corrected chi connectivity index (χ1v) is 10.3. The predicted molar refractivity (Wildman–Crippen MR) is 116 cm³/mol. The molecule has 0 aliphatic carbocycles. The van der Waals surface area contributed by atoms with E-state index in [1.54, 1.807) is 27.8 Å². The van der Waals surface area contributed by atoms with Gasteiger partial charge in [0.15, 0.2) is 0 Å². The lowest BCUT2D eigenvalue weighted by molar-refractivity contribution is 0.0760. The van der Waals surface area contributed by atoms with Crippen LogP contribution in [0.1, 0.15) is 35.4 Å². The van der Waals surface area contributed by atoms with Gasteiger partial charge in [0.2, 0.25) is 5.82 Å². The number of amides is 1. The highest BCUT2D eigenvalue weighted by atomic mass is 35.5. The minimum atomic E-state index is -0.190. The van der Waals surface area contributed by atoms with Crippen LogP contribution in [0, 0.1) is 0 Å². The van der Waals surface area contributed by atoms with E-state index in [4.69, 9.17) is 23.2 Å². The molecule has 0 spiro atoms. The molecule has 7 heteroatoms. The molecular formula is C22H20Cl2N4O. The molecular weight excluding hydrogens is 407 g/mol. The molecule has 2 heterocycles. The lowest BCUT2D eigenvalue weighted by Gasteiger charge is -2.25. The van der Waals surface area contributed by atoms with Crippen molar-refractivity contribution in [1.29, 1.82) is 0 Å². The molecule has 0 fully saturated rings. The molecule has 0 bridgehead atoms. The number of aromatic nitrogens is 3. The van der Waals surface area contributed by atoms with Gasteiger partial charge in [0, 0.05) is 19.5 Å². The first-order chi connectivity index (χ1) is 14.1. The number of aryl methyl sites for hydroxylation is 1. The Hall–Kier alpha value is -2.63. The van der Waals surface area contributed by atoms with E-state index in [2.05, 4.69) is 28.3 Å². The molecule has 0 N–H and O–H groups in total. The fraction of sp³-hybridized carbons (Fsp3) is 0.227. The van der Waals surface area contributed by atoms with Gasteiger partial charge in [0.1, 0.15) is 11.5 Å². The van der Waals surface area contributed by atoms with Crippen LogP contribution in [0.25, 0.3) is 11.3 Å². The van der Waals surface area contributed by atoms with Crippen molar-refractivity contribution < 1.29 is 4.79 Å². The monoisotopic (exact) mass is 426 g/mol. The SMILES string of the molecule is CCc1nc(C(=O)N2CC=C(c3ccccc3)CC2)nn1-c1c(Cl)cccc1Cl. The van der Waals surface area contributed by atoms with Crippen molar-refractivity contribution in [3.63, 3.8) is 0 Å². The van der Waals surface area contributed by atoms with E-state index < -0.39 is 0 Å². The summed E-state index contributed by atoms with van der Waals surface area (Å²) >= 11 is 12.7. The van der Waals surface area contributed by atoms with Crippen molar-refractivity contribution in [2.75, 3.05) is 13.1 Å². The van der Waals surface area contributed by atoms with Crippen molar-refractivity contribution in [2.45, 2.75) is 19.8 Å². The summed E-state index contributed by atoms with van der Waals surface area (Å²) < 4.78 is 1.58. The van der Waals surface area contributed by atoms with Crippen LogP contribution in [0.15, 0.2) is 54.6 Å². The summed E-state index contributed by atoms with van der Waals surface area (Å²) in [5.41, 5.74) is 3.00. The Morgan fingerprint density at radius 1 is 1.07 bits per heavy atom. The maximum absolute atomic E-state index is 13.0. The molecule has 0 radical (unpaired) electrons. The highest BCUT2D eigenvalue weighted by Crippen LogP contribution is 2.29. The van der Waals surface area contributed by atoms with Gasteiger partial charge in [-0.3, -0.25) is 4.79 Å². The zero-order valence-electron chi connectivity index (χ0n) is 16.0.